The zero-order chi connectivity index (χ0) is 11.1. The Hall–Kier alpha value is -1.50. The second-order valence-electron chi connectivity index (χ2n) is 2.90. The SMILES string of the molecule is COCC#C[C@@H](O)c1ccccc1OC. The minimum atomic E-state index is -0.837. The van der Waals surface area contributed by atoms with Gasteiger partial charge in [-0.15, -0.1) is 0 Å². The topological polar surface area (TPSA) is 38.7 Å². The van der Waals surface area contributed by atoms with Crippen molar-refractivity contribution in [3.05, 3.63) is 29.8 Å². The molecule has 0 aliphatic heterocycles. The summed E-state index contributed by atoms with van der Waals surface area (Å²) in [6, 6.07) is 7.25. The van der Waals surface area contributed by atoms with Crippen molar-refractivity contribution in [2.75, 3.05) is 20.8 Å². The van der Waals surface area contributed by atoms with Crippen LogP contribution < -0.4 is 4.74 Å². The van der Waals surface area contributed by atoms with Crippen LogP contribution in [0.5, 0.6) is 5.75 Å². The van der Waals surface area contributed by atoms with Gasteiger partial charge in [-0.2, -0.15) is 0 Å². The van der Waals surface area contributed by atoms with Crippen molar-refractivity contribution in [2.24, 2.45) is 0 Å². The Morgan fingerprint density at radius 3 is 2.73 bits per heavy atom. The van der Waals surface area contributed by atoms with E-state index >= 15 is 0 Å². The smallest absolute Gasteiger partial charge is 0.143 e. The van der Waals surface area contributed by atoms with Crippen LogP contribution in [0, 0.1) is 11.8 Å². The van der Waals surface area contributed by atoms with Gasteiger partial charge in [0.1, 0.15) is 18.5 Å². The second-order valence-corrected chi connectivity index (χ2v) is 2.90. The van der Waals surface area contributed by atoms with E-state index in [9.17, 15) is 5.11 Å². The minimum absolute atomic E-state index is 0.312. The number of hydrogen-bond donors (Lipinski definition) is 1. The Labute approximate surface area is 89.6 Å². The summed E-state index contributed by atoms with van der Waals surface area (Å²) < 4.78 is 9.88. The molecule has 3 heteroatoms. The first-order chi connectivity index (χ1) is 7.29. The Morgan fingerprint density at radius 2 is 2.07 bits per heavy atom. The molecular weight excluding hydrogens is 192 g/mol. The molecule has 0 fully saturated rings. The minimum Gasteiger partial charge on any atom is -0.496 e. The highest BCUT2D eigenvalue weighted by Crippen LogP contribution is 2.23. The summed E-state index contributed by atoms with van der Waals surface area (Å²) in [6.45, 7) is 0.312. The number of para-hydroxylation sites is 1. The lowest BCUT2D eigenvalue weighted by Gasteiger charge is -2.09. The number of hydrogen-bond acceptors (Lipinski definition) is 3. The quantitative estimate of drug-likeness (QED) is 0.759. The van der Waals surface area contributed by atoms with E-state index in [0.717, 1.165) is 0 Å². The van der Waals surface area contributed by atoms with Crippen LogP contribution in [0.3, 0.4) is 0 Å². The fourth-order valence-corrected chi connectivity index (χ4v) is 1.18. The predicted molar refractivity (Wildman–Crippen MR) is 57.6 cm³/mol. The van der Waals surface area contributed by atoms with Gasteiger partial charge in [0.05, 0.1) is 7.11 Å². The largest absolute Gasteiger partial charge is 0.496 e. The first-order valence-electron chi connectivity index (χ1n) is 4.58. The summed E-state index contributed by atoms with van der Waals surface area (Å²) in [6.07, 6.45) is -0.837. The number of ether oxygens (including phenoxy) is 2. The monoisotopic (exact) mass is 206 g/mol. The van der Waals surface area contributed by atoms with Crippen molar-refractivity contribution >= 4 is 0 Å². The molecule has 0 saturated heterocycles. The molecule has 0 saturated carbocycles. The Morgan fingerprint density at radius 1 is 1.33 bits per heavy atom. The van der Waals surface area contributed by atoms with E-state index < -0.39 is 6.10 Å². The lowest BCUT2D eigenvalue weighted by atomic mass is 10.1. The molecule has 0 aliphatic rings. The van der Waals surface area contributed by atoms with Gasteiger partial charge >= 0.3 is 0 Å². The van der Waals surface area contributed by atoms with Gasteiger partial charge in [0, 0.05) is 12.7 Å². The summed E-state index contributed by atoms with van der Waals surface area (Å²) in [7, 11) is 3.12. The number of aliphatic hydroxyl groups excluding tert-OH is 1. The zero-order valence-electron chi connectivity index (χ0n) is 8.86. The van der Waals surface area contributed by atoms with E-state index in [2.05, 4.69) is 11.8 Å². The van der Waals surface area contributed by atoms with E-state index in [1.165, 1.54) is 0 Å². The number of benzene rings is 1. The standard InChI is InChI=1S/C12H14O3/c1-14-9-5-7-11(13)10-6-3-4-8-12(10)15-2/h3-4,6,8,11,13H,9H2,1-2H3/t11-/m1/s1. The summed E-state index contributed by atoms with van der Waals surface area (Å²) >= 11 is 0. The van der Waals surface area contributed by atoms with Gasteiger partial charge in [-0.05, 0) is 6.07 Å². The van der Waals surface area contributed by atoms with E-state index in [1.807, 2.05) is 12.1 Å². The molecule has 1 aromatic carbocycles. The molecule has 1 aromatic rings. The van der Waals surface area contributed by atoms with Crippen molar-refractivity contribution in [3.8, 4) is 17.6 Å². The van der Waals surface area contributed by atoms with Gasteiger partial charge in [0.2, 0.25) is 0 Å². The third-order valence-electron chi connectivity index (χ3n) is 1.89. The van der Waals surface area contributed by atoms with Crippen LogP contribution in [-0.2, 0) is 4.74 Å². The van der Waals surface area contributed by atoms with Crippen molar-refractivity contribution in [3.63, 3.8) is 0 Å². The van der Waals surface area contributed by atoms with E-state index in [1.54, 1.807) is 26.4 Å². The maximum atomic E-state index is 9.75. The number of aliphatic hydroxyl groups is 1. The lowest BCUT2D eigenvalue weighted by molar-refractivity contribution is 0.227. The molecule has 0 aromatic heterocycles. The van der Waals surface area contributed by atoms with Gasteiger partial charge in [-0.3, -0.25) is 0 Å². The highest BCUT2D eigenvalue weighted by molar-refractivity contribution is 5.38. The normalized spacial score (nSPS) is 11.4. The average Bonchev–Trinajstić information content (AvgIpc) is 2.29. The zero-order valence-corrected chi connectivity index (χ0v) is 8.86. The second kappa shape index (κ2) is 6.07. The molecule has 0 spiro atoms. The summed E-state index contributed by atoms with van der Waals surface area (Å²) in [5.74, 6) is 6.02. The third kappa shape index (κ3) is 3.28. The van der Waals surface area contributed by atoms with Gasteiger partial charge in [0.25, 0.3) is 0 Å². The Bertz CT molecular complexity index is 363. The number of methoxy groups -OCH3 is 2. The van der Waals surface area contributed by atoms with Crippen LogP contribution in [-0.4, -0.2) is 25.9 Å². The van der Waals surface area contributed by atoms with Crippen LogP contribution in [0.25, 0.3) is 0 Å². The summed E-state index contributed by atoms with van der Waals surface area (Å²) in [4.78, 5) is 0. The Balaban J connectivity index is 2.82. The molecule has 80 valence electrons. The van der Waals surface area contributed by atoms with E-state index in [0.29, 0.717) is 17.9 Å². The van der Waals surface area contributed by atoms with Crippen LogP contribution in [0.4, 0.5) is 0 Å². The predicted octanol–water partition coefficient (Wildman–Crippen LogP) is 1.38. The van der Waals surface area contributed by atoms with Crippen molar-refractivity contribution in [1.82, 2.24) is 0 Å². The lowest BCUT2D eigenvalue weighted by Crippen LogP contribution is -1.98. The van der Waals surface area contributed by atoms with Gasteiger partial charge in [0.15, 0.2) is 0 Å². The molecule has 15 heavy (non-hydrogen) atoms. The van der Waals surface area contributed by atoms with Gasteiger partial charge < -0.3 is 14.6 Å². The molecule has 1 atom stereocenters. The van der Waals surface area contributed by atoms with Crippen molar-refractivity contribution < 1.29 is 14.6 Å². The summed E-state index contributed by atoms with van der Waals surface area (Å²) in [5.41, 5.74) is 0.670. The van der Waals surface area contributed by atoms with Crippen LogP contribution in [0.2, 0.25) is 0 Å². The molecule has 0 bridgehead atoms. The van der Waals surface area contributed by atoms with E-state index in [-0.39, 0.29) is 0 Å². The molecule has 1 N–H and O–H groups in total. The molecule has 3 nitrogen and oxygen atoms in total. The molecule has 0 amide bonds. The molecule has 0 unspecified atom stereocenters. The molecule has 0 aliphatic carbocycles. The van der Waals surface area contributed by atoms with Crippen LogP contribution >= 0.6 is 0 Å². The molecular formula is C12H14O3. The maximum absolute atomic E-state index is 9.75. The van der Waals surface area contributed by atoms with Crippen molar-refractivity contribution in [1.29, 1.82) is 0 Å². The van der Waals surface area contributed by atoms with Crippen LogP contribution in [0.1, 0.15) is 11.7 Å². The first-order valence-corrected chi connectivity index (χ1v) is 4.58. The third-order valence-corrected chi connectivity index (χ3v) is 1.89. The highest BCUT2D eigenvalue weighted by atomic mass is 16.5. The molecule has 0 heterocycles. The molecule has 1 rings (SSSR count). The fourth-order valence-electron chi connectivity index (χ4n) is 1.18. The van der Waals surface area contributed by atoms with Crippen LogP contribution in [0.15, 0.2) is 24.3 Å². The average molecular weight is 206 g/mol. The van der Waals surface area contributed by atoms with Gasteiger partial charge in [-0.1, -0.05) is 30.0 Å². The Kier molecular flexibility index (Phi) is 4.69. The van der Waals surface area contributed by atoms with Crippen molar-refractivity contribution in [2.45, 2.75) is 6.10 Å². The first kappa shape index (κ1) is 11.6. The van der Waals surface area contributed by atoms with Gasteiger partial charge in [-0.25, -0.2) is 0 Å². The summed E-state index contributed by atoms with van der Waals surface area (Å²) in [5, 5.41) is 9.75. The highest BCUT2D eigenvalue weighted by Gasteiger charge is 2.08. The fraction of sp³-hybridized carbons (Fsp3) is 0.333. The van der Waals surface area contributed by atoms with E-state index in [4.69, 9.17) is 9.47 Å². The maximum Gasteiger partial charge on any atom is 0.143 e. The molecule has 0 radical (unpaired) electrons. The number of rotatable bonds is 3.